The lowest BCUT2D eigenvalue weighted by molar-refractivity contribution is 0.173. The number of hydrogen-bond donors (Lipinski definition) is 1. The molecule has 1 N–H and O–H groups in total. The van der Waals surface area contributed by atoms with Crippen LogP contribution in [-0.2, 0) is 20.3 Å². The summed E-state index contributed by atoms with van der Waals surface area (Å²) in [5, 5.41) is 13.7. The Morgan fingerprint density at radius 1 is 1.30 bits per heavy atom. The van der Waals surface area contributed by atoms with Gasteiger partial charge in [-0.3, -0.25) is 4.68 Å². The van der Waals surface area contributed by atoms with Crippen LogP contribution in [0.2, 0.25) is 0 Å². The smallest absolute Gasteiger partial charge is 0.231 e. The Hall–Kier alpha value is -2.21. The molecule has 0 atom stereocenters. The molecule has 1 aromatic carbocycles. The molecule has 2 aromatic rings. The molecule has 20 heavy (non-hydrogen) atoms. The van der Waals surface area contributed by atoms with E-state index in [1.165, 1.54) is 0 Å². The van der Waals surface area contributed by atoms with Gasteiger partial charge in [-0.15, -0.1) is 0 Å². The molecule has 2 heterocycles. The Kier molecular flexibility index (Phi) is 3.23. The van der Waals surface area contributed by atoms with Crippen LogP contribution >= 0.6 is 0 Å². The first-order valence-corrected chi connectivity index (χ1v) is 6.33. The van der Waals surface area contributed by atoms with Gasteiger partial charge in [0, 0.05) is 18.7 Å². The summed E-state index contributed by atoms with van der Waals surface area (Å²) in [5.41, 5.74) is 2.58. The fourth-order valence-electron chi connectivity index (χ4n) is 2.17. The fourth-order valence-corrected chi connectivity index (χ4v) is 2.17. The topological polar surface area (TPSA) is 65.7 Å². The fraction of sp³-hybridized carbons (Fsp3) is 0.357. The second-order valence-corrected chi connectivity index (χ2v) is 4.66. The molecule has 3 rings (SSSR count). The van der Waals surface area contributed by atoms with Gasteiger partial charge in [0.25, 0.3) is 0 Å². The lowest BCUT2D eigenvalue weighted by Crippen LogP contribution is -2.04. The van der Waals surface area contributed by atoms with Gasteiger partial charge in [0.1, 0.15) is 12.4 Å². The van der Waals surface area contributed by atoms with Crippen molar-refractivity contribution in [2.45, 2.75) is 20.1 Å². The molecular weight excluding hydrogens is 260 g/mol. The first-order valence-electron chi connectivity index (χ1n) is 6.33. The Bertz CT molecular complexity index is 636. The van der Waals surface area contributed by atoms with Crippen LogP contribution in [0, 0.1) is 6.92 Å². The van der Waals surface area contributed by atoms with Gasteiger partial charge in [-0.2, -0.15) is 5.10 Å². The van der Waals surface area contributed by atoms with Crippen molar-refractivity contribution >= 4 is 0 Å². The number of fused-ring (bicyclic) bond motifs is 1. The molecule has 6 nitrogen and oxygen atoms in total. The van der Waals surface area contributed by atoms with E-state index in [0.717, 1.165) is 11.4 Å². The zero-order valence-electron chi connectivity index (χ0n) is 11.4. The number of nitrogens with zero attached hydrogens (tertiary/aromatic N) is 2. The van der Waals surface area contributed by atoms with E-state index in [2.05, 4.69) is 5.10 Å². The standard InChI is InChI=1S/C14H16N2O4/c1-9-3-11(16(2)15-9)7-18-12-5-14-13(19-8-20-14)4-10(12)6-17/h3-5,17H,6-8H2,1-2H3. The van der Waals surface area contributed by atoms with Crippen molar-refractivity contribution in [3.8, 4) is 17.2 Å². The Labute approximate surface area is 116 Å². The summed E-state index contributed by atoms with van der Waals surface area (Å²) in [7, 11) is 1.87. The van der Waals surface area contributed by atoms with Crippen LogP contribution in [0.15, 0.2) is 18.2 Å². The first-order chi connectivity index (χ1) is 9.67. The Balaban J connectivity index is 1.81. The van der Waals surface area contributed by atoms with Crippen molar-refractivity contribution in [1.82, 2.24) is 9.78 Å². The molecule has 0 spiro atoms. The monoisotopic (exact) mass is 276 g/mol. The number of rotatable bonds is 4. The van der Waals surface area contributed by atoms with Crippen LogP contribution in [0.4, 0.5) is 0 Å². The summed E-state index contributed by atoms with van der Waals surface area (Å²) in [6.07, 6.45) is 0. The first kappa shape index (κ1) is 12.8. The van der Waals surface area contributed by atoms with Gasteiger partial charge in [0.2, 0.25) is 6.79 Å². The van der Waals surface area contributed by atoms with Gasteiger partial charge < -0.3 is 19.3 Å². The van der Waals surface area contributed by atoms with E-state index in [-0.39, 0.29) is 13.4 Å². The Morgan fingerprint density at radius 2 is 2.05 bits per heavy atom. The average Bonchev–Trinajstić information content (AvgIpc) is 3.00. The van der Waals surface area contributed by atoms with Crippen molar-refractivity contribution in [1.29, 1.82) is 0 Å². The second kappa shape index (κ2) is 5.05. The van der Waals surface area contributed by atoms with Gasteiger partial charge in [-0.05, 0) is 19.1 Å². The maximum atomic E-state index is 9.41. The molecule has 0 aliphatic carbocycles. The summed E-state index contributed by atoms with van der Waals surface area (Å²) in [4.78, 5) is 0. The van der Waals surface area contributed by atoms with E-state index >= 15 is 0 Å². The second-order valence-electron chi connectivity index (χ2n) is 4.66. The predicted octanol–water partition coefficient (Wildman–Crippen LogP) is 1.53. The molecule has 0 amide bonds. The quantitative estimate of drug-likeness (QED) is 0.917. The van der Waals surface area contributed by atoms with Crippen molar-refractivity contribution in [2.75, 3.05) is 6.79 Å². The molecule has 1 aromatic heterocycles. The molecular formula is C14H16N2O4. The zero-order valence-corrected chi connectivity index (χ0v) is 11.4. The van der Waals surface area contributed by atoms with Crippen LogP contribution < -0.4 is 14.2 Å². The minimum atomic E-state index is -0.115. The summed E-state index contributed by atoms with van der Waals surface area (Å²) >= 11 is 0. The molecule has 0 saturated carbocycles. The normalized spacial score (nSPS) is 12.8. The molecule has 1 aliphatic rings. The van der Waals surface area contributed by atoms with Crippen LogP contribution in [0.3, 0.4) is 0 Å². The van der Waals surface area contributed by atoms with Gasteiger partial charge in [0.05, 0.1) is 18.0 Å². The zero-order chi connectivity index (χ0) is 14.1. The third kappa shape index (κ3) is 2.30. The number of aliphatic hydroxyl groups is 1. The van der Waals surface area contributed by atoms with E-state index in [0.29, 0.717) is 29.4 Å². The molecule has 1 aliphatic heterocycles. The summed E-state index contributed by atoms with van der Waals surface area (Å²) < 4.78 is 18.2. The van der Waals surface area contributed by atoms with E-state index < -0.39 is 0 Å². The highest BCUT2D eigenvalue weighted by molar-refractivity contribution is 5.51. The number of hydrogen-bond acceptors (Lipinski definition) is 5. The van der Waals surface area contributed by atoms with Gasteiger partial charge in [-0.1, -0.05) is 0 Å². The minimum Gasteiger partial charge on any atom is -0.487 e. The average molecular weight is 276 g/mol. The third-order valence-corrected chi connectivity index (χ3v) is 3.20. The number of benzene rings is 1. The van der Waals surface area contributed by atoms with E-state index in [1.54, 1.807) is 16.8 Å². The minimum absolute atomic E-state index is 0.115. The van der Waals surface area contributed by atoms with E-state index in [1.807, 2.05) is 20.0 Å². The van der Waals surface area contributed by atoms with Gasteiger partial charge >= 0.3 is 0 Å². The SMILES string of the molecule is Cc1cc(COc2cc3c(cc2CO)OCO3)n(C)n1. The molecule has 0 radical (unpaired) electrons. The molecule has 0 saturated heterocycles. The maximum absolute atomic E-state index is 9.41. The Morgan fingerprint density at radius 3 is 2.70 bits per heavy atom. The third-order valence-electron chi connectivity index (χ3n) is 3.20. The van der Waals surface area contributed by atoms with Crippen LogP contribution in [-0.4, -0.2) is 21.7 Å². The number of aromatic nitrogens is 2. The highest BCUT2D eigenvalue weighted by Crippen LogP contribution is 2.38. The summed E-state index contributed by atoms with van der Waals surface area (Å²) in [5.74, 6) is 1.87. The van der Waals surface area contributed by atoms with E-state index in [4.69, 9.17) is 14.2 Å². The van der Waals surface area contributed by atoms with Crippen molar-refractivity contribution in [2.24, 2.45) is 7.05 Å². The number of ether oxygens (including phenoxy) is 3. The summed E-state index contributed by atoms with van der Waals surface area (Å²) in [6.45, 7) is 2.40. The lowest BCUT2D eigenvalue weighted by Gasteiger charge is -2.11. The molecule has 6 heteroatoms. The molecule has 106 valence electrons. The maximum Gasteiger partial charge on any atom is 0.231 e. The van der Waals surface area contributed by atoms with Crippen molar-refractivity contribution in [3.05, 3.63) is 35.2 Å². The van der Waals surface area contributed by atoms with Crippen LogP contribution in [0.5, 0.6) is 17.2 Å². The number of aliphatic hydroxyl groups excluding tert-OH is 1. The lowest BCUT2D eigenvalue weighted by atomic mass is 10.2. The molecule has 0 bridgehead atoms. The number of aryl methyl sites for hydroxylation is 2. The molecule has 0 fully saturated rings. The van der Waals surface area contributed by atoms with Gasteiger partial charge in [0.15, 0.2) is 11.5 Å². The van der Waals surface area contributed by atoms with Crippen molar-refractivity contribution < 1.29 is 19.3 Å². The molecule has 0 unspecified atom stereocenters. The van der Waals surface area contributed by atoms with Gasteiger partial charge in [-0.25, -0.2) is 0 Å². The highest BCUT2D eigenvalue weighted by atomic mass is 16.7. The van der Waals surface area contributed by atoms with Crippen LogP contribution in [0.1, 0.15) is 17.0 Å². The predicted molar refractivity (Wildman–Crippen MR) is 70.8 cm³/mol. The largest absolute Gasteiger partial charge is 0.487 e. The highest BCUT2D eigenvalue weighted by Gasteiger charge is 2.18. The van der Waals surface area contributed by atoms with E-state index in [9.17, 15) is 5.11 Å². The van der Waals surface area contributed by atoms with Crippen LogP contribution in [0.25, 0.3) is 0 Å². The summed E-state index contributed by atoms with van der Waals surface area (Å²) in [6, 6.07) is 5.45. The van der Waals surface area contributed by atoms with Crippen molar-refractivity contribution in [3.63, 3.8) is 0 Å².